The summed E-state index contributed by atoms with van der Waals surface area (Å²) in [6.07, 6.45) is 0. The molecule has 0 saturated carbocycles. The lowest BCUT2D eigenvalue weighted by molar-refractivity contribution is 0.0697. The smallest absolute Gasteiger partial charge is 0.335 e. The SMILES string of the molecule is Cc1ccc(-c2cc(Br)ccc2OCc2ccccc2Cl)n1-c1cccc(C(=O)O)c1. The molecular weight excluding hydrogens is 478 g/mol. The fourth-order valence-electron chi connectivity index (χ4n) is 3.47. The Hall–Kier alpha value is -3.02. The lowest BCUT2D eigenvalue weighted by Crippen LogP contribution is -2.04. The van der Waals surface area contributed by atoms with E-state index in [9.17, 15) is 9.90 Å². The summed E-state index contributed by atoms with van der Waals surface area (Å²) in [6.45, 7) is 2.32. The van der Waals surface area contributed by atoms with Gasteiger partial charge in [-0.3, -0.25) is 0 Å². The van der Waals surface area contributed by atoms with Crippen molar-refractivity contribution in [3.63, 3.8) is 0 Å². The van der Waals surface area contributed by atoms with E-state index in [1.807, 2.05) is 72.2 Å². The van der Waals surface area contributed by atoms with Crippen LogP contribution in [0.4, 0.5) is 0 Å². The molecule has 0 unspecified atom stereocenters. The second kappa shape index (κ2) is 9.00. The fraction of sp³-hybridized carbons (Fsp3) is 0.0800. The number of aryl methyl sites for hydroxylation is 1. The molecule has 4 rings (SSSR count). The van der Waals surface area contributed by atoms with Gasteiger partial charge in [0.15, 0.2) is 0 Å². The second-order valence-electron chi connectivity index (χ2n) is 7.07. The van der Waals surface area contributed by atoms with Crippen molar-refractivity contribution in [3.05, 3.63) is 105 Å². The molecule has 156 valence electrons. The molecule has 4 aromatic rings. The Morgan fingerprint density at radius 3 is 2.61 bits per heavy atom. The zero-order valence-electron chi connectivity index (χ0n) is 16.7. The molecule has 6 heteroatoms. The topological polar surface area (TPSA) is 51.5 Å². The Bertz CT molecular complexity index is 1270. The number of aromatic carboxylic acids is 1. The van der Waals surface area contributed by atoms with Gasteiger partial charge >= 0.3 is 5.97 Å². The van der Waals surface area contributed by atoms with Crippen molar-refractivity contribution >= 4 is 33.5 Å². The number of carboxylic acids is 1. The molecule has 0 saturated heterocycles. The summed E-state index contributed by atoms with van der Waals surface area (Å²) >= 11 is 9.84. The van der Waals surface area contributed by atoms with Crippen molar-refractivity contribution in [2.45, 2.75) is 13.5 Å². The average molecular weight is 497 g/mol. The summed E-state index contributed by atoms with van der Waals surface area (Å²) in [5, 5.41) is 10.1. The molecule has 0 amide bonds. The predicted octanol–water partition coefficient (Wildman–Crippen LogP) is 7.15. The van der Waals surface area contributed by atoms with Crippen LogP contribution >= 0.6 is 27.5 Å². The first-order valence-corrected chi connectivity index (χ1v) is 10.8. The van der Waals surface area contributed by atoms with Crippen molar-refractivity contribution < 1.29 is 14.6 Å². The molecule has 1 heterocycles. The molecule has 0 fully saturated rings. The van der Waals surface area contributed by atoms with Crippen LogP contribution in [0.5, 0.6) is 5.75 Å². The highest BCUT2D eigenvalue weighted by molar-refractivity contribution is 9.10. The van der Waals surface area contributed by atoms with E-state index in [2.05, 4.69) is 15.9 Å². The number of carboxylic acid groups (broad SMARTS) is 1. The maximum Gasteiger partial charge on any atom is 0.335 e. The summed E-state index contributed by atoms with van der Waals surface area (Å²) in [5.41, 5.74) is 4.68. The van der Waals surface area contributed by atoms with Crippen molar-refractivity contribution in [3.8, 4) is 22.7 Å². The Kier molecular flexibility index (Phi) is 6.16. The van der Waals surface area contributed by atoms with E-state index < -0.39 is 5.97 Å². The van der Waals surface area contributed by atoms with Crippen LogP contribution in [0.15, 0.2) is 83.3 Å². The van der Waals surface area contributed by atoms with Gasteiger partial charge in [-0.05, 0) is 61.5 Å². The fourth-order valence-corrected chi connectivity index (χ4v) is 4.02. The van der Waals surface area contributed by atoms with Crippen LogP contribution in [0.3, 0.4) is 0 Å². The van der Waals surface area contributed by atoms with Gasteiger partial charge in [-0.1, -0.05) is 51.8 Å². The van der Waals surface area contributed by atoms with E-state index in [1.54, 1.807) is 18.2 Å². The zero-order valence-corrected chi connectivity index (χ0v) is 19.0. The van der Waals surface area contributed by atoms with E-state index in [0.717, 1.165) is 32.7 Å². The van der Waals surface area contributed by atoms with Gasteiger partial charge in [0.25, 0.3) is 0 Å². The van der Waals surface area contributed by atoms with Gasteiger partial charge in [0.05, 0.1) is 11.3 Å². The molecule has 0 atom stereocenters. The second-order valence-corrected chi connectivity index (χ2v) is 8.39. The van der Waals surface area contributed by atoms with Crippen LogP contribution in [0.25, 0.3) is 16.9 Å². The zero-order chi connectivity index (χ0) is 22.0. The molecule has 31 heavy (non-hydrogen) atoms. The summed E-state index contributed by atoms with van der Waals surface area (Å²) in [4.78, 5) is 11.5. The summed E-state index contributed by atoms with van der Waals surface area (Å²) < 4.78 is 9.10. The first-order valence-electron chi connectivity index (χ1n) is 9.62. The largest absolute Gasteiger partial charge is 0.488 e. The number of hydrogen-bond acceptors (Lipinski definition) is 2. The molecule has 4 nitrogen and oxygen atoms in total. The van der Waals surface area contributed by atoms with Gasteiger partial charge in [-0.25, -0.2) is 4.79 Å². The number of carbonyl (C=O) groups is 1. The minimum atomic E-state index is -0.959. The van der Waals surface area contributed by atoms with Gasteiger partial charge < -0.3 is 14.4 Å². The monoisotopic (exact) mass is 495 g/mol. The third-order valence-corrected chi connectivity index (χ3v) is 5.85. The highest BCUT2D eigenvalue weighted by Gasteiger charge is 2.16. The maximum absolute atomic E-state index is 11.5. The van der Waals surface area contributed by atoms with E-state index in [0.29, 0.717) is 17.4 Å². The average Bonchev–Trinajstić information content (AvgIpc) is 3.15. The van der Waals surface area contributed by atoms with Crippen LogP contribution in [-0.4, -0.2) is 15.6 Å². The van der Waals surface area contributed by atoms with Crippen molar-refractivity contribution in [2.24, 2.45) is 0 Å². The van der Waals surface area contributed by atoms with Crippen molar-refractivity contribution in [2.75, 3.05) is 0 Å². The van der Waals surface area contributed by atoms with E-state index in [-0.39, 0.29) is 5.56 Å². The highest BCUT2D eigenvalue weighted by Crippen LogP contribution is 2.36. The molecule has 0 aliphatic rings. The van der Waals surface area contributed by atoms with Crippen LogP contribution in [0.1, 0.15) is 21.6 Å². The molecule has 0 bridgehead atoms. The van der Waals surface area contributed by atoms with Gasteiger partial charge in [-0.2, -0.15) is 0 Å². The van der Waals surface area contributed by atoms with Gasteiger partial charge in [-0.15, -0.1) is 0 Å². The Morgan fingerprint density at radius 2 is 1.84 bits per heavy atom. The summed E-state index contributed by atoms with van der Waals surface area (Å²) in [5.74, 6) is -0.253. The summed E-state index contributed by atoms with van der Waals surface area (Å²) in [7, 11) is 0. The van der Waals surface area contributed by atoms with Crippen molar-refractivity contribution in [1.29, 1.82) is 0 Å². The van der Waals surface area contributed by atoms with Crippen LogP contribution < -0.4 is 4.74 Å². The van der Waals surface area contributed by atoms with Crippen LogP contribution in [0, 0.1) is 6.92 Å². The van der Waals surface area contributed by atoms with Crippen LogP contribution in [-0.2, 0) is 6.61 Å². The predicted molar refractivity (Wildman–Crippen MR) is 126 cm³/mol. The molecule has 0 spiro atoms. The quantitative estimate of drug-likeness (QED) is 0.308. The minimum absolute atomic E-state index is 0.237. The lowest BCUT2D eigenvalue weighted by Gasteiger charge is -2.17. The molecular formula is C25H19BrClNO3. The number of nitrogens with zero attached hydrogens (tertiary/aromatic N) is 1. The third kappa shape index (κ3) is 4.53. The van der Waals surface area contributed by atoms with Crippen LogP contribution in [0.2, 0.25) is 5.02 Å². The van der Waals surface area contributed by atoms with E-state index >= 15 is 0 Å². The number of benzene rings is 3. The number of halogens is 2. The summed E-state index contributed by atoms with van der Waals surface area (Å²) in [6, 6.07) is 24.3. The lowest BCUT2D eigenvalue weighted by atomic mass is 10.1. The number of aromatic nitrogens is 1. The van der Waals surface area contributed by atoms with Gasteiger partial charge in [0, 0.05) is 32.0 Å². The number of rotatable bonds is 6. The highest BCUT2D eigenvalue weighted by atomic mass is 79.9. The Morgan fingerprint density at radius 1 is 1.03 bits per heavy atom. The molecule has 1 aromatic heterocycles. The normalized spacial score (nSPS) is 10.8. The van der Waals surface area contributed by atoms with Crippen molar-refractivity contribution in [1.82, 2.24) is 4.57 Å². The molecule has 1 N–H and O–H groups in total. The molecule has 0 aliphatic carbocycles. The van der Waals surface area contributed by atoms with Gasteiger partial charge in [0.2, 0.25) is 0 Å². The standard InChI is InChI=1S/C25H19BrClNO3/c1-16-9-11-23(28(16)20-7-4-6-17(13-20)25(29)30)21-14-19(26)10-12-24(21)31-15-18-5-2-3-8-22(18)27/h2-14H,15H2,1H3,(H,29,30). The molecule has 3 aromatic carbocycles. The molecule has 0 radical (unpaired) electrons. The van der Waals surface area contributed by atoms with E-state index in [1.165, 1.54) is 0 Å². The van der Waals surface area contributed by atoms with E-state index in [4.69, 9.17) is 16.3 Å². The molecule has 0 aliphatic heterocycles. The minimum Gasteiger partial charge on any atom is -0.488 e. The maximum atomic E-state index is 11.5. The number of hydrogen-bond donors (Lipinski definition) is 1. The Labute approximate surface area is 193 Å². The van der Waals surface area contributed by atoms with Gasteiger partial charge in [0.1, 0.15) is 12.4 Å². The number of ether oxygens (including phenoxy) is 1. The first kappa shape index (κ1) is 21.2. The Balaban J connectivity index is 1.77. The first-order chi connectivity index (χ1) is 14.9. The third-order valence-electron chi connectivity index (χ3n) is 4.99.